The summed E-state index contributed by atoms with van der Waals surface area (Å²) in [6.45, 7) is 5.41. The molecule has 1 atom stereocenters. The van der Waals surface area contributed by atoms with Crippen LogP contribution in [0.3, 0.4) is 0 Å². The average molecular weight is 358 g/mol. The van der Waals surface area contributed by atoms with Crippen molar-refractivity contribution in [2.75, 3.05) is 6.54 Å². The van der Waals surface area contributed by atoms with Gasteiger partial charge in [0.1, 0.15) is 0 Å². The van der Waals surface area contributed by atoms with E-state index in [4.69, 9.17) is 5.73 Å². The molecule has 3 rings (SSSR count). The summed E-state index contributed by atoms with van der Waals surface area (Å²) in [5.74, 6) is 0.160. The van der Waals surface area contributed by atoms with Crippen LogP contribution in [-0.4, -0.2) is 28.4 Å². The first-order valence-electron chi connectivity index (χ1n) is 7.10. The molecule has 2 aromatic heterocycles. The molecule has 0 saturated heterocycles. The molecule has 22 heavy (non-hydrogen) atoms. The van der Waals surface area contributed by atoms with Gasteiger partial charge < -0.3 is 10.6 Å². The van der Waals surface area contributed by atoms with Crippen molar-refractivity contribution in [3.8, 4) is 10.6 Å². The molecule has 0 spiro atoms. The smallest absolute Gasteiger partial charge is 0.224 e. The van der Waals surface area contributed by atoms with Crippen LogP contribution in [0.5, 0.6) is 0 Å². The van der Waals surface area contributed by atoms with Gasteiger partial charge in [0.2, 0.25) is 5.91 Å². The van der Waals surface area contributed by atoms with Gasteiger partial charge in [0.15, 0.2) is 0 Å². The van der Waals surface area contributed by atoms with E-state index in [0.29, 0.717) is 13.0 Å². The van der Waals surface area contributed by atoms with Gasteiger partial charge in [-0.1, -0.05) is 0 Å². The number of nitrogens with zero attached hydrogens (tertiary/aromatic N) is 2. The van der Waals surface area contributed by atoms with Crippen molar-refractivity contribution in [1.82, 2.24) is 9.88 Å². The highest BCUT2D eigenvalue weighted by Crippen LogP contribution is 2.35. The highest BCUT2D eigenvalue weighted by Gasteiger charge is 2.23. The summed E-state index contributed by atoms with van der Waals surface area (Å²) in [4.78, 5) is 21.2. The Bertz CT molecular complexity index is 666. The van der Waals surface area contributed by atoms with Crippen LogP contribution in [0, 0.1) is 6.92 Å². The van der Waals surface area contributed by atoms with Crippen molar-refractivity contribution in [2.24, 2.45) is 5.73 Å². The van der Waals surface area contributed by atoms with Crippen molar-refractivity contribution in [3.63, 3.8) is 0 Å². The fourth-order valence-corrected chi connectivity index (χ4v) is 4.36. The molecule has 1 amide bonds. The maximum atomic E-state index is 12.1. The first kappa shape index (κ1) is 17.4. The van der Waals surface area contributed by atoms with E-state index < -0.39 is 0 Å². The molecule has 1 aliphatic heterocycles. The zero-order valence-electron chi connectivity index (χ0n) is 12.7. The van der Waals surface area contributed by atoms with Crippen molar-refractivity contribution in [2.45, 2.75) is 39.3 Å². The van der Waals surface area contributed by atoms with Crippen molar-refractivity contribution in [1.29, 1.82) is 0 Å². The standard InChI is InChI=1S/C15H19N3OS2.ClH/c1-9(16)5-15(19)18-4-3-13-11(7-18)6-14(21-13)12-8-20-10(2)17-12;/h6,8-9H,3-5,7,16H2,1-2H3;1H. The Labute approximate surface area is 144 Å². The molecular weight excluding hydrogens is 338 g/mol. The van der Waals surface area contributed by atoms with E-state index in [1.165, 1.54) is 15.3 Å². The number of amides is 1. The summed E-state index contributed by atoms with van der Waals surface area (Å²) in [6, 6.07) is 2.12. The predicted octanol–water partition coefficient (Wildman–Crippen LogP) is 3.22. The lowest BCUT2D eigenvalue weighted by atomic mass is 10.1. The number of aryl methyl sites for hydroxylation is 1. The van der Waals surface area contributed by atoms with Gasteiger partial charge in [-0.25, -0.2) is 4.98 Å². The maximum absolute atomic E-state index is 12.1. The highest BCUT2D eigenvalue weighted by molar-refractivity contribution is 7.16. The molecule has 120 valence electrons. The average Bonchev–Trinajstić information content (AvgIpc) is 3.02. The minimum absolute atomic E-state index is 0. The van der Waals surface area contributed by atoms with Gasteiger partial charge in [0.05, 0.1) is 15.6 Å². The largest absolute Gasteiger partial charge is 0.338 e. The third-order valence-corrected chi connectivity index (χ3v) is 5.62. The number of thiazole rings is 1. The van der Waals surface area contributed by atoms with Crippen molar-refractivity contribution >= 4 is 41.0 Å². The Morgan fingerprint density at radius 3 is 2.95 bits per heavy atom. The molecule has 0 aromatic carbocycles. The van der Waals surface area contributed by atoms with E-state index in [2.05, 4.69) is 16.4 Å². The number of hydrogen-bond acceptors (Lipinski definition) is 5. The lowest BCUT2D eigenvalue weighted by Crippen LogP contribution is -2.38. The van der Waals surface area contributed by atoms with E-state index in [1.807, 2.05) is 30.1 Å². The molecule has 0 fully saturated rings. The highest BCUT2D eigenvalue weighted by atomic mass is 35.5. The molecule has 0 saturated carbocycles. The predicted molar refractivity (Wildman–Crippen MR) is 94.8 cm³/mol. The van der Waals surface area contributed by atoms with Gasteiger partial charge in [-0.15, -0.1) is 35.1 Å². The third-order valence-electron chi connectivity index (χ3n) is 3.59. The lowest BCUT2D eigenvalue weighted by Gasteiger charge is -2.27. The van der Waals surface area contributed by atoms with E-state index in [1.54, 1.807) is 11.3 Å². The molecular formula is C15H20ClN3OS2. The van der Waals surface area contributed by atoms with Crippen LogP contribution >= 0.6 is 35.1 Å². The van der Waals surface area contributed by atoms with Crippen LogP contribution < -0.4 is 5.73 Å². The van der Waals surface area contributed by atoms with Crippen LogP contribution in [0.2, 0.25) is 0 Å². The number of carbonyl (C=O) groups excluding carboxylic acids is 1. The molecule has 1 unspecified atom stereocenters. The zero-order valence-corrected chi connectivity index (χ0v) is 15.1. The van der Waals surface area contributed by atoms with Crippen molar-refractivity contribution in [3.05, 3.63) is 26.9 Å². The normalized spacial score (nSPS) is 15.1. The van der Waals surface area contributed by atoms with Crippen LogP contribution in [0.4, 0.5) is 0 Å². The Morgan fingerprint density at radius 1 is 1.55 bits per heavy atom. The molecule has 2 N–H and O–H groups in total. The Hall–Kier alpha value is -0.950. The van der Waals surface area contributed by atoms with E-state index in [0.717, 1.165) is 23.7 Å². The monoisotopic (exact) mass is 357 g/mol. The second-order valence-electron chi connectivity index (χ2n) is 5.56. The Balaban J connectivity index is 0.00000176. The van der Waals surface area contributed by atoms with Crippen LogP contribution in [-0.2, 0) is 17.8 Å². The molecule has 2 aromatic rings. The fourth-order valence-electron chi connectivity index (χ4n) is 2.55. The Morgan fingerprint density at radius 2 is 2.32 bits per heavy atom. The summed E-state index contributed by atoms with van der Waals surface area (Å²) in [6.07, 6.45) is 1.37. The maximum Gasteiger partial charge on any atom is 0.224 e. The van der Waals surface area contributed by atoms with Gasteiger partial charge in [0, 0.05) is 35.8 Å². The number of hydrogen-bond donors (Lipinski definition) is 1. The van der Waals surface area contributed by atoms with Crippen LogP contribution in [0.25, 0.3) is 10.6 Å². The number of halogens is 1. The molecule has 7 heteroatoms. The second kappa shape index (κ2) is 7.08. The van der Waals surface area contributed by atoms with Gasteiger partial charge in [-0.05, 0) is 31.9 Å². The fraction of sp³-hybridized carbons (Fsp3) is 0.467. The van der Waals surface area contributed by atoms with E-state index in [9.17, 15) is 4.79 Å². The number of rotatable bonds is 3. The van der Waals surface area contributed by atoms with Gasteiger partial charge in [-0.2, -0.15) is 0 Å². The minimum atomic E-state index is -0.0742. The number of aromatic nitrogens is 1. The second-order valence-corrected chi connectivity index (χ2v) is 7.76. The van der Waals surface area contributed by atoms with Crippen molar-refractivity contribution < 1.29 is 4.79 Å². The first-order valence-corrected chi connectivity index (χ1v) is 8.80. The molecule has 0 radical (unpaired) electrons. The van der Waals surface area contributed by atoms with Gasteiger partial charge in [0.25, 0.3) is 0 Å². The lowest BCUT2D eigenvalue weighted by molar-refractivity contribution is -0.132. The molecule has 0 bridgehead atoms. The van der Waals surface area contributed by atoms with Crippen LogP contribution in [0.15, 0.2) is 11.4 Å². The Kier molecular flexibility index (Phi) is 5.60. The first-order chi connectivity index (χ1) is 10.0. The quantitative estimate of drug-likeness (QED) is 0.917. The van der Waals surface area contributed by atoms with E-state index in [-0.39, 0.29) is 24.4 Å². The molecule has 1 aliphatic rings. The summed E-state index contributed by atoms with van der Waals surface area (Å²) in [5, 5.41) is 3.19. The van der Waals surface area contributed by atoms with E-state index >= 15 is 0 Å². The minimum Gasteiger partial charge on any atom is -0.338 e. The molecule has 0 aliphatic carbocycles. The molecule has 3 heterocycles. The summed E-state index contributed by atoms with van der Waals surface area (Å²) in [5.41, 5.74) is 8.05. The van der Waals surface area contributed by atoms with Gasteiger partial charge >= 0.3 is 0 Å². The SMILES string of the molecule is Cc1nc(-c2cc3c(s2)CCN(C(=O)CC(C)N)C3)cs1.Cl. The zero-order chi connectivity index (χ0) is 15.0. The third kappa shape index (κ3) is 3.68. The summed E-state index contributed by atoms with van der Waals surface area (Å²) < 4.78 is 0. The number of nitrogens with two attached hydrogens (primary N) is 1. The molecule has 4 nitrogen and oxygen atoms in total. The van der Waals surface area contributed by atoms with Gasteiger partial charge in [-0.3, -0.25) is 4.79 Å². The topological polar surface area (TPSA) is 59.2 Å². The number of fused-ring (bicyclic) bond motifs is 1. The number of thiophene rings is 1. The van der Waals surface area contributed by atoms with Crippen LogP contribution in [0.1, 0.15) is 28.8 Å². The number of carbonyl (C=O) groups is 1. The summed E-state index contributed by atoms with van der Waals surface area (Å²) in [7, 11) is 0. The summed E-state index contributed by atoms with van der Waals surface area (Å²) >= 11 is 3.49.